The van der Waals surface area contributed by atoms with E-state index in [1.807, 2.05) is 1020 Å². The third-order valence-electron chi connectivity index (χ3n) is 3.20. The van der Waals surface area contributed by atoms with E-state index in [1.54, 1.807) is 98.3 Å². The molecule has 0 aromatic rings. The Balaban J connectivity index is 3.10. The zero-order valence-corrected chi connectivity index (χ0v) is 145. The minimum Gasteiger partial charge on any atom is -0.0988 e. The highest BCUT2D eigenvalue weighted by Crippen LogP contribution is 2.76. The minimum absolute atomic E-state index is 1.49. The number of rotatable bonds is 115. The third kappa shape index (κ3) is 157. The van der Waals surface area contributed by atoms with E-state index in [9.17, 15) is 0 Å². The molecule has 118 heavy (non-hydrogen) atoms. The molecular weight excluding hydrogens is 3780 g/mol. The Labute approximate surface area is 1130 Å². The van der Waals surface area contributed by atoms with E-state index in [0.29, 0.717) is 0 Å². The SMILES string of the molecule is SSSSSSSSSSSSSSSSSSSSSSSSSSSSSSSSSSSSSSSSSSSSSSSSSSSSSSSSSSSSSSSSSSSSSSSSSSSSSSSSSSSSSSSSSSSSSSSSSSSSSSSSSSSSSSSSSSSSSS. The van der Waals surface area contributed by atoms with Crippen LogP contribution >= 0.6 is 1160 Å². The zero-order chi connectivity index (χ0) is 84.0. The van der Waals surface area contributed by atoms with Gasteiger partial charge in [0, 0.05) is 983 Å². The molecule has 0 fully saturated rings. The van der Waals surface area contributed by atoms with Gasteiger partial charge in [0.25, 0.3) is 0 Å². The van der Waals surface area contributed by atoms with Crippen LogP contribution in [-0.4, -0.2) is 0 Å². The second-order valence-corrected chi connectivity index (χ2v) is 213. The highest BCUT2D eigenvalue weighted by molar-refractivity contribution is 9.70. The van der Waals surface area contributed by atoms with Gasteiger partial charge < -0.3 is 0 Å². The number of hydrogen-bond acceptors (Lipinski definition) is 118. The molecular formula is H2S118. The third-order valence-corrected chi connectivity index (χ3v) is 259. The lowest BCUT2D eigenvalue weighted by Gasteiger charge is -2.00. The van der Waals surface area contributed by atoms with Crippen LogP contribution in [0.2, 0.25) is 0 Å². The Kier molecular flexibility index (Phi) is 214. The van der Waals surface area contributed by atoms with Gasteiger partial charge in [-0.2, -0.15) is 0 Å². The molecule has 0 spiro atoms. The molecule has 0 bridgehead atoms. The van der Waals surface area contributed by atoms with Crippen LogP contribution in [0.1, 0.15) is 0 Å². The fourth-order valence-corrected chi connectivity index (χ4v) is 315. The first-order chi connectivity index (χ1) is 58.9. The summed E-state index contributed by atoms with van der Waals surface area (Å²) < 4.78 is 0. The maximum absolute atomic E-state index is 4.11. The molecule has 0 atom stereocenters. The minimum atomic E-state index is 1.49. The van der Waals surface area contributed by atoms with Crippen molar-refractivity contribution in [2.45, 2.75) is 0 Å². The second kappa shape index (κ2) is 158. The van der Waals surface area contributed by atoms with E-state index in [0.717, 1.165) is 0 Å². The van der Waals surface area contributed by atoms with Crippen molar-refractivity contribution < 1.29 is 0 Å². The van der Waals surface area contributed by atoms with Crippen LogP contribution in [0.25, 0.3) is 0 Å². The van der Waals surface area contributed by atoms with Crippen LogP contribution in [0.15, 0.2) is 0 Å². The topological polar surface area (TPSA) is 0 Å². The highest BCUT2D eigenvalue weighted by Gasteiger charge is 2.11. The highest BCUT2D eigenvalue weighted by atomic mass is 34.2. The Morgan fingerprint density at radius 3 is 0.0932 bits per heavy atom. The average molecular weight is 3790 g/mol. The molecule has 0 amide bonds. The van der Waals surface area contributed by atoms with Gasteiger partial charge in [-0.25, -0.2) is 0 Å². The van der Waals surface area contributed by atoms with E-state index in [-0.39, 0.29) is 0 Å². The largest absolute Gasteiger partial charge is 0.0988 e. The summed E-state index contributed by atoms with van der Waals surface area (Å²) in [6.07, 6.45) is 0. The molecule has 0 heterocycles. The molecule has 0 aliphatic rings. The van der Waals surface area contributed by atoms with Crippen molar-refractivity contribution in [1.29, 1.82) is 0 Å². The van der Waals surface area contributed by atoms with Gasteiger partial charge in [-0.05, 0) is 157 Å². The van der Waals surface area contributed by atoms with Crippen LogP contribution < -0.4 is 0 Å². The van der Waals surface area contributed by atoms with Crippen molar-refractivity contribution in [3.63, 3.8) is 0 Å². The first kappa shape index (κ1) is 159. The van der Waals surface area contributed by atoms with Crippen molar-refractivity contribution in [3.05, 3.63) is 0 Å². The first-order valence-electron chi connectivity index (χ1n) is 19.5. The molecule has 118 heteroatoms. The summed E-state index contributed by atoms with van der Waals surface area (Å²) in [6.45, 7) is 0. The Bertz CT molecular complexity index is 1420. The van der Waals surface area contributed by atoms with E-state index < -0.39 is 0 Å². The van der Waals surface area contributed by atoms with Gasteiger partial charge >= 0.3 is 0 Å². The molecule has 0 aliphatic carbocycles. The summed E-state index contributed by atoms with van der Waals surface area (Å²) in [7, 11) is 211. The van der Waals surface area contributed by atoms with Crippen molar-refractivity contribution >= 4 is 1160 Å². The normalized spacial score (nSPS) is 11.8. The molecule has 0 saturated carbocycles. The van der Waals surface area contributed by atoms with Gasteiger partial charge in [0.05, 0.1) is 0 Å². The first-order valence-corrected chi connectivity index (χ1v) is 176. The summed E-state index contributed by atoms with van der Waals surface area (Å²) in [5.74, 6) is 0. The van der Waals surface area contributed by atoms with Crippen LogP contribution in [0.4, 0.5) is 0 Å². The smallest absolute Gasteiger partial charge is 0 e. The van der Waals surface area contributed by atoms with Crippen molar-refractivity contribution in [3.8, 4) is 0 Å². The average Bonchev–Trinajstić information content (AvgIpc) is 2.20. The molecule has 0 aromatic carbocycles. The van der Waals surface area contributed by atoms with Gasteiger partial charge in [-0.1, -0.05) is 23.3 Å². The summed E-state index contributed by atoms with van der Waals surface area (Å²) in [6, 6.07) is 0. The maximum atomic E-state index is 4.11. The Morgan fingerprint density at radius 1 is 0.0424 bits per heavy atom. The van der Waals surface area contributed by atoms with Crippen molar-refractivity contribution in [2.75, 3.05) is 0 Å². The monoisotopic (exact) mass is 3770 g/mol. The van der Waals surface area contributed by atoms with Gasteiger partial charge in [0.15, 0.2) is 0 Å². The van der Waals surface area contributed by atoms with Gasteiger partial charge in [0.2, 0.25) is 0 Å². The fraction of sp³-hybridized carbons (Fsp3) is 0. The molecule has 710 valence electrons. The molecule has 0 nitrogen and oxygen atoms in total. The Hall–Kier alpha value is 41.3. The molecule has 0 N–H and O–H groups in total. The number of thiol groups is 2. The van der Waals surface area contributed by atoms with Crippen molar-refractivity contribution in [1.82, 2.24) is 0 Å². The van der Waals surface area contributed by atoms with Gasteiger partial charge in [0.1, 0.15) is 0 Å². The Morgan fingerprint density at radius 2 is 0.0678 bits per heavy atom. The van der Waals surface area contributed by atoms with E-state index in [2.05, 4.69) is 23.3 Å². The molecule has 0 unspecified atom stereocenters. The fourth-order valence-electron chi connectivity index (χ4n) is 1.29. The molecule has 0 radical (unpaired) electrons. The van der Waals surface area contributed by atoms with Crippen LogP contribution in [0.5, 0.6) is 0 Å². The van der Waals surface area contributed by atoms with Crippen LogP contribution in [0.3, 0.4) is 0 Å². The van der Waals surface area contributed by atoms with Gasteiger partial charge in [-0.3, -0.25) is 0 Å². The maximum Gasteiger partial charge on any atom is 0 e. The van der Waals surface area contributed by atoms with Gasteiger partial charge in [-0.15, -0.1) is 0 Å². The molecule has 0 aliphatic heterocycles. The summed E-state index contributed by atoms with van der Waals surface area (Å²) >= 11 is 8.21. The van der Waals surface area contributed by atoms with Crippen molar-refractivity contribution in [2.24, 2.45) is 0 Å². The lowest BCUT2D eigenvalue weighted by molar-refractivity contribution is 5.59. The lowest BCUT2D eigenvalue weighted by Crippen LogP contribution is -1.35. The predicted octanol–water partition coefficient (Wildman–Crippen LogP) is 76.0. The van der Waals surface area contributed by atoms with Crippen LogP contribution in [-0.2, 0) is 0 Å². The van der Waals surface area contributed by atoms with Crippen LogP contribution in [0, 0.1) is 0 Å². The zero-order valence-electron chi connectivity index (χ0n) is 48.3. The van der Waals surface area contributed by atoms with E-state index in [1.165, 1.54) is 19.7 Å². The lowest BCUT2D eigenvalue weighted by atomic mass is 30.1. The summed E-state index contributed by atoms with van der Waals surface area (Å²) in [5, 5.41) is 0. The quantitative estimate of drug-likeness (QED) is 0.0337. The van der Waals surface area contributed by atoms with E-state index in [4.69, 9.17) is 0 Å². The standard InChI is InChI=1S/H2S118/c1-3-5-7-9-11-13-15-17-19-21-23-25-27-29-31-33-35-37-39-41-43-45-47-49-51-53-55-57-59-61-63-65-67-69-71-73-75-77-79-81-83-85-87-89-91-93-95-97-99-101-103-105-107-109-111-113-115-117-118-116-114-112-110-108-106-104-102-100-98-96-94-92-90-88-86-84-82-80-78-76-74-72-70-68-66-64-62-60-58-56-54-52-50-48-46-44-42-40-38-36-34-32-30-28-26-24-22-20-18-16-14-12-10-8-6-4-2/h1-2H. The summed E-state index contributed by atoms with van der Waals surface area (Å²) in [5.41, 5.74) is 0. The van der Waals surface area contributed by atoms with E-state index >= 15 is 0 Å². The molecule has 0 rings (SSSR count). The predicted molar refractivity (Wildman–Crippen MR) is 899 cm³/mol. The summed E-state index contributed by atoms with van der Waals surface area (Å²) in [4.78, 5) is 0. The molecule has 0 aromatic heterocycles. The molecule has 0 saturated heterocycles. The second-order valence-electron chi connectivity index (χ2n) is 7.91. The number of hydrogen-bond donors (Lipinski definition) is 2.